The summed E-state index contributed by atoms with van der Waals surface area (Å²) >= 11 is 1.41. The molecule has 6 heteroatoms. The molecule has 2 aromatic heterocycles. The Morgan fingerprint density at radius 3 is 2.55 bits per heavy atom. The molecule has 0 N–H and O–H groups in total. The second-order valence-corrected chi connectivity index (χ2v) is 8.16. The molecule has 4 aromatic rings. The number of benzene rings is 2. The Morgan fingerprint density at radius 2 is 1.83 bits per heavy atom. The molecule has 0 saturated heterocycles. The van der Waals surface area contributed by atoms with Crippen molar-refractivity contribution < 1.29 is 4.79 Å². The zero-order valence-electron chi connectivity index (χ0n) is 16.3. The Kier molecular flexibility index (Phi) is 5.27. The minimum absolute atomic E-state index is 0.0251. The van der Waals surface area contributed by atoms with Crippen LogP contribution in [0.5, 0.6) is 0 Å². The predicted octanol–water partition coefficient (Wildman–Crippen LogP) is 4.09. The number of aromatic nitrogens is 2. The molecule has 0 saturated carbocycles. The van der Waals surface area contributed by atoms with Gasteiger partial charge < -0.3 is 4.90 Å². The van der Waals surface area contributed by atoms with Crippen molar-refractivity contribution in [2.24, 2.45) is 0 Å². The van der Waals surface area contributed by atoms with Crippen LogP contribution in [-0.4, -0.2) is 27.4 Å². The van der Waals surface area contributed by atoms with Crippen LogP contribution in [0, 0.1) is 6.92 Å². The van der Waals surface area contributed by atoms with E-state index in [4.69, 9.17) is 0 Å². The van der Waals surface area contributed by atoms with Gasteiger partial charge in [0.05, 0.1) is 11.8 Å². The van der Waals surface area contributed by atoms with Gasteiger partial charge in [-0.25, -0.2) is 4.98 Å². The Morgan fingerprint density at radius 1 is 1.10 bits per heavy atom. The summed E-state index contributed by atoms with van der Waals surface area (Å²) in [4.78, 5) is 32.5. The van der Waals surface area contributed by atoms with Gasteiger partial charge in [0, 0.05) is 18.5 Å². The van der Waals surface area contributed by atoms with E-state index in [-0.39, 0.29) is 18.0 Å². The lowest BCUT2D eigenvalue weighted by atomic mass is 10.1. The Balaban J connectivity index is 1.54. The Hall–Kier alpha value is -3.25. The van der Waals surface area contributed by atoms with Crippen LogP contribution in [0.3, 0.4) is 0 Å². The monoisotopic (exact) mass is 403 g/mol. The molecular weight excluding hydrogens is 382 g/mol. The molecule has 0 aliphatic rings. The maximum Gasteiger partial charge on any atom is 0.271 e. The van der Waals surface area contributed by atoms with E-state index in [1.54, 1.807) is 11.9 Å². The van der Waals surface area contributed by atoms with Gasteiger partial charge >= 0.3 is 0 Å². The number of hydrogen-bond donors (Lipinski definition) is 0. The summed E-state index contributed by atoms with van der Waals surface area (Å²) in [6, 6.07) is 19.9. The molecule has 0 unspecified atom stereocenters. The Bertz CT molecular complexity index is 1210. The quantitative estimate of drug-likeness (QED) is 0.504. The van der Waals surface area contributed by atoms with Gasteiger partial charge in [-0.15, -0.1) is 11.3 Å². The zero-order chi connectivity index (χ0) is 20.4. The lowest BCUT2D eigenvalue weighted by molar-refractivity contribution is -0.131. The average molecular weight is 404 g/mol. The molecule has 0 aliphatic carbocycles. The van der Waals surface area contributed by atoms with Crippen molar-refractivity contribution in [1.29, 1.82) is 0 Å². The minimum atomic E-state index is -0.181. The van der Waals surface area contributed by atoms with Gasteiger partial charge in [0.25, 0.3) is 5.56 Å². The van der Waals surface area contributed by atoms with E-state index < -0.39 is 0 Å². The molecule has 0 aliphatic heterocycles. The number of amides is 1. The number of thiophene rings is 1. The van der Waals surface area contributed by atoms with Crippen LogP contribution < -0.4 is 5.56 Å². The standard InChI is InChI=1S/C23H21N3O2S/c1-16-8-10-17(11-9-16)13-25(2)21(27)14-26-15-24-19-12-20(29-22(19)23(26)28)18-6-4-3-5-7-18/h3-12,15H,13-14H2,1-2H3. The van der Waals surface area contributed by atoms with E-state index in [1.807, 2.05) is 67.6 Å². The van der Waals surface area contributed by atoms with Crippen molar-refractivity contribution in [3.8, 4) is 10.4 Å². The van der Waals surface area contributed by atoms with Crippen LogP contribution >= 0.6 is 11.3 Å². The summed E-state index contributed by atoms with van der Waals surface area (Å²) in [6.07, 6.45) is 1.46. The third-order valence-corrected chi connectivity index (χ3v) is 6.00. The number of carbonyl (C=O) groups is 1. The molecule has 0 bridgehead atoms. The van der Waals surface area contributed by atoms with E-state index in [1.165, 1.54) is 27.8 Å². The largest absolute Gasteiger partial charge is 0.340 e. The lowest BCUT2D eigenvalue weighted by Gasteiger charge is -2.18. The molecule has 0 atom stereocenters. The predicted molar refractivity (Wildman–Crippen MR) is 117 cm³/mol. The van der Waals surface area contributed by atoms with Gasteiger partial charge in [0.2, 0.25) is 5.91 Å². The number of fused-ring (bicyclic) bond motifs is 1. The van der Waals surface area contributed by atoms with Gasteiger partial charge in [0.15, 0.2) is 0 Å². The number of rotatable bonds is 5. The highest BCUT2D eigenvalue weighted by molar-refractivity contribution is 7.22. The van der Waals surface area contributed by atoms with Gasteiger partial charge in [0.1, 0.15) is 11.2 Å². The molecule has 2 aromatic carbocycles. The van der Waals surface area contributed by atoms with Crippen LogP contribution in [0.25, 0.3) is 20.7 Å². The van der Waals surface area contributed by atoms with Crippen molar-refractivity contribution in [3.05, 3.63) is 88.5 Å². The summed E-state index contributed by atoms with van der Waals surface area (Å²) in [6.45, 7) is 2.51. The smallest absolute Gasteiger partial charge is 0.271 e. The van der Waals surface area contributed by atoms with E-state index >= 15 is 0 Å². The van der Waals surface area contributed by atoms with Crippen molar-refractivity contribution in [1.82, 2.24) is 14.5 Å². The fourth-order valence-corrected chi connectivity index (χ4v) is 4.19. The van der Waals surface area contributed by atoms with Gasteiger partial charge in [-0.3, -0.25) is 14.2 Å². The highest BCUT2D eigenvalue weighted by Crippen LogP contribution is 2.30. The zero-order valence-corrected chi connectivity index (χ0v) is 17.1. The molecule has 4 rings (SSSR count). The summed E-state index contributed by atoms with van der Waals surface area (Å²) in [5.41, 5.74) is 3.77. The molecule has 29 heavy (non-hydrogen) atoms. The molecule has 2 heterocycles. The maximum atomic E-state index is 12.9. The maximum absolute atomic E-state index is 12.9. The normalized spacial score (nSPS) is 11.0. The third-order valence-electron chi connectivity index (χ3n) is 4.83. The fraction of sp³-hybridized carbons (Fsp3) is 0.174. The summed E-state index contributed by atoms with van der Waals surface area (Å²) < 4.78 is 1.96. The number of aryl methyl sites for hydroxylation is 1. The van der Waals surface area contributed by atoms with E-state index in [2.05, 4.69) is 4.98 Å². The van der Waals surface area contributed by atoms with E-state index in [9.17, 15) is 9.59 Å². The minimum Gasteiger partial charge on any atom is -0.340 e. The molecule has 0 spiro atoms. The average Bonchev–Trinajstić information content (AvgIpc) is 3.17. The van der Waals surface area contributed by atoms with Crippen molar-refractivity contribution in [3.63, 3.8) is 0 Å². The molecule has 1 amide bonds. The highest BCUT2D eigenvalue weighted by atomic mass is 32.1. The molecule has 146 valence electrons. The van der Waals surface area contributed by atoms with Crippen molar-refractivity contribution >= 4 is 27.5 Å². The SMILES string of the molecule is Cc1ccc(CN(C)C(=O)Cn2cnc3cc(-c4ccccc4)sc3c2=O)cc1. The van der Waals surface area contributed by atoms with Crippen LogP contribution in [0.2, 0.25) is 0 Å². The topological polar surface area (TPSA) is 55.2 Å². The molecule has 0 fully saturated rings. The first kappa shape index (κ1) is 19.1. The summed E-state index contributed by atoms with van der Waals surface area (Å²) in [5, 5.41) is 0. The second-order valence-electron chi connectivity index (χ2n) is 7.10. The first-order chi connectivity index (χ1) is 14.0. The third kappa shape index (κ3) is 4.12. The van der Waals surface area contributed by atoms with Crippen LogP contribution in [0.15, 0.2) is 71.8 Å². The number of carbonyl (C=O) groups excluding carboxylic acids is 1. The van der Waals surface area contributed by atoms with Gasteiger partial charge in [-0.2, -0.15) is 0 Å². The second kappa shape index (κ2) is 8.01. The summed E-state index contributed by atoms with van der Waals surface area (Å²) in [5.74, 6) is -0.131. The summed E-state index contributed by atoms with van der Waals surface area (Å²) in [7, 11) is 1.75. The van der Waals surface area contributed by atoms with E-state index in [0.717, 1.165) is 16.0 Å². The first-order valence-corrected chi connectivity index (χ1v) is 10.2. The first-order valence-electron chi connectivity index (χ1n) is 9.35. The molecule has 0 radical (unpaired) electrons. The van der Waals surface area contributed by atoms with E-state index in [0.29, 0.717) is 16.8 Å². The molecular formula is C23H21N3O2S. The van der Waals surface area contributed by atoms with Gasteiger partial charge in [-0.1, -0.05) is 60.2 Å². The lowest BCUT2D eigenvalue weighted by Crippen LogP contribution is -2.33. The van der Waals surface area contributed by atoms with Crippen LogP contribution in [-0.2, 0) is 17.9 Å². The Labute approximate surface area is 172 Å². The number of nitrogens with zero attached hydrogens (tertiary/aromatic N) is 3. The fourth-order valence-electron chi connectivity index (χ4n) is 3.12. The number of hydrogen-bond acceptors (Lipinski definition) is 4. The van der Waals surface area contributed by atoms with Crippen molar-refractivity contribution in [2.75, 3.05) is 7.05 Å². The van der Waals surface area contributed by atoms with Crippen molar-refractivity contribution in [2.45, 2.75) is 20.0 Å². The highest BCUT2D eigenvalue weighted by Gasteiger charge is 2.15. The number of likely N-dealkylation sites (N-methyl/N-ethyl adjacent to an activating group) is 1. The van der Waals surface area contributed by atoms with Crippen LogP contribution in [0.4, 0.5) is 0 Å². The van der Waals surface area contributed by atoms with Gasteiger partial charge in [-0.05, 0) is 24.1 Å². The van der Waals surface area contributed by atoms with Crippen LogP contribution in [0.1, 0.15) is 11.1 Å². The molecule has 5 nitrogen and oxygen atoms in total.